The minimum Gasteiger partial charge on any atom is -0.357 e. The molecule has 0 aliphatic rings. The average Bonchev–Trinajstić information content (AvgIpc) is 3.20. The number of halogens is 1. The molecule has 8 heteroatoms. The number of hydrogen-bond acceptors (Lipinski definition) is 3. The van der Waals surface area contributed by atoms with Gasteiger partial charge in [-0.2, -0.15) is 5.10 Å². The summed E-state index contributed by atoms with van der Waals surface area (Å²) >= 11 is 3.53. The molecule has 1 heterocycles. The molecule has 7 nitrogen and oxygen atoms in total. The predicted molar refractivity (Wildman–Crippen MR) is 116 cm³/mol. The molecule has 1 amide bonds. The zero-order valence-corrected chi connectivity index (χ0v) is 18.2. The van der Waals surface area contributed by atoms with Crippen LogP contribution in [0.4, 0.5) is 0 Å². The lowest BCUT2D eigenvalue weighted by Gasteiger charge is -2.19. The Hall–Kier alpha value is -2.35. The number of aryl methyl sites for hydroxylation is 1. The molecule has 2 N–H and O–H groups in total. The van der Waals surface area contributed by atoms with E-state index in [2.05, 4.69) is 36.7 Å². The van der Waals surface area contributed by atoms with Crippen molar-refractivity contribution in [2.45, 2.75) is 32.9 Å². The number of carbonyl (C=O) groups excluding carboxylic acids is 1. The van der Waals surface area contributed by atoms with Crippen LogP contribution in [-0.4, -0.2) is 53.2 Å². The number of amides is 1. The molecule has 2 rings (SSSR count). The Morgan fingerprint density at radius 3 is 2.82 bits per heavy atom. The van der Waals surface area contributed by atoms with Crippen molar-refractivity contribution in [2.75, 3.05) is 26.7 Å². The van der Waals surface area contributed by atoms with Crippen molar-refractivity contribution in [1.82, 2.24) is 25.3 Å². The van der Waals surface area contributed by atoms with Gasteiger partial charge in [-0.3, -0.25) is 14.5 Å². The fourth-order valence-corrected chi connectivity index (χ4v) is 3.06. The first-order valence-electron chi connectivity index (χ1n) is 9.57. The number of nitrogens with zero attached hydrogens (tertiary/aromatic N) is 4. The van der Waals surface area contributed by atoms with Gasteiger partial charge in [0.25, 0.3) is 0 Å². The van der Waals surface area contributed by atoms with Gasteiger partial charge < -0.3 is 15.5 Å². The lowest BCUT2D eigenvalue weighted by molar-refractivity contribution is -0.130. The Morgan fingerprint density at radius 2 is 2.11 bits per heavy atom. The SMILES string of the molecule is CCNC(=NCCCn1cccn1)NCCC(=O)N(C)Cc1ccccc1Br. The van der Waals surface area contributed by atoms with Crippen LogP contribution in [0.25, 0.3) is 0 Å². The van der Waals surface area contributed by atoms with Crippen LogP contribution in [-0.2, 0) is 17.9 Å². The van der Waals surface area contributed by atoms with E-state index < -0.39 is 0 Å². The molecule has 0 aliphatic heterocycles. The Bertz CT molecular complexity index is 747. The molecule has 28 heavy (non-hydrogen) atoms. The van der Waals surface area contributed by atoms with Gasteiger partial charge in [-0.1, -0.05) is 34.1 Å². The standard InChI is InChI=1S/C20H29BrN6O/c1-3-22-20(23-11-6-14-27-15-7-12-25-27)24-13-10-19(28)26(2)16-17-8-4-5-9-18(17)21/h4-5,7-9,12,15H,3,6,10-11,13-14,16H2,1-2H3,(H2,22,23,24). The number of hydrogen-bond donors (Lipinski definition) is 2. The molecule has 0 saturated carbocycles. The van der Waals surface area contributed by atoms with Gasteiger partial charge in [-0.15, -0.1) is 0 Å². The predicted octanol–water partition coefficient (Wildman–Crippen LogP) is 2.64. The largest absolute Gasteiger partial charge is 0.357 e. The van der Waals surface area contributed by atoms with E-state index in [1.807, 2.05) is 55.2 Å². The zero-order valence-electron chi connectivity index (χ0n) is 16.6. The number of aromatic nitrogens is 2. The molecule has 0 spiro atoms. The molecule has 0 fully saturated rings. The molecule has 0 unspecified atom stereocenters. The summed E-state index contributed by atoms with van der Waals surface area (Å²) in [6.07, 6.45) is 5.05. The maximum atomic E-state index is 12.4. The van der Waals surface area contributed by atoms with Crippen LogP contribution in [0.3, 0.4) is 0 Å². The topological polar surface area (TPSA) is 74.5 Å². The average molecular weight is 449 g/mol. The highest BCUT2D eigenvalue weighted by molar-refractivity contribution is 9.10. The third kappa shape index (κ3) is 7.72. The fraction of sp³-hybridized carbons (Fsp3) is 0.450. The molecule has 0 aliphatic carbocycles. The number of guanidine groups is 1. The second kappa shape index (κ2) is 12.2. The fourth-order valence-electron chi connectivity index (χ4n) is 2.65. The van der Waals surface area contributed by atoms with Crippen LogP contribution in [0.2, 0.25) is 0 Å². The molecule has 0 atom stereocenters. The maximum Gasteiger partial charge on any atom is 0.224 e. The molecule has 0 bridgehead atoms. The summed E-state index contributed by atoms with van der Waals surface area (Å²) in [6.45, 7) is 5.48. The van der Waals surface area contributed by atoms with Gasteiger partial charge in [0.2, 0.25) is 5.91 Å². The van der Waals surface area contributed by atoms with Gasteiger partial charge in [0, 0.05) is 63.1 Å². The van der Waals surface area contributed by atoms with Crippen molar-refractivity contribution in [3.05, 3.63) is 52.8 Å². The van der Waals surface area contributed by atoms with E-state index in [9.17, 15) is 4.79 Å². The minimum absolute atomic E-state index is 0.0952. The summed E-state index contributed by atoms with van der Waals surface area (Å²) in [5.74, 6) is 0.835. The summed E-state index contributed by atoms with van der Waals surface area (Å²) in [5.41, 5.74) is 1.10. The lowest BCUT2D eigenvalue weighted by atomic mass is 10.2. The molecular weight excluding hydrogens is 420 g/mol. The van der Waals surface area contributed by atoms with Crippen LogP contribution in [0, 0.1) is 0 Å². The molecular formula is C20H29BrN6O. The summed E-state index contributed by atoms with van der Waals surface area (Å²) < 4.78 is 2.92. The second-order valence-corrected chi connectivity index (χ2v) is 7.26. The molecule has 0 radical (unpaired) electrons. The molecule has 0 saturated heterocycles. The summed E-state index contributed by atoms with van der Waals surface area (Å²) in [6, 6.07) is 9.87. The third-order valence-electron chi connectivity index (χ3n) is 4.14. The van der Waals surface area contributed by atoms with Crippen molar-refractivity contribution < 1.29 is 4.79 Å². The first-order chi connectivity index (χ1) is 13.6. The number of benzene rings is 1. The molecule has 1 aromatic carbocycles. The van der Waals surface area contributed by atoms with Crippen molar-refractivity contribution >= 4 is 27.8 Å². The Morgan fingerprint density at radius 1 is 1.29 bits per heavy atom. The Balaban J connectivity index is 1.72. The lowest BCUT2D eigenvalue weighted by Crippen LogP contribution is -2.39. The first-order valence-corrected chi connectivity index (χ1v) is 10.4. The normalized spacial score (nSPS) is 11.3. The Kier molecular flexibility index (Phi) is 9.54. The Labute approximate surface area is 175 Å². The van der Waals surface area contributed by atoms with Gasteiger partial charge in [0.05, 0.1) is 0 Å². The summed E-state index contributed by atoms with van der Waals surface area (Å²) in [4.78, 5) is 18.7. The first kappa shape index (κ1) is 21.9. The van der Waals surface area contributed by atoms with Gasteiger partial charge in [0.1, 0.15) is 0 Å². The van der Waals surface area contributed by atoms with Gasteiger partial charge in [-0.05, 0) is 31.0 Å². The van der Waals surface area contributed by atoms with Crippen LogP contribution in [0.1, 0.15) is 25.3 Å². The van der Waals surface area contributed by atoms with Crippen LogP contribution < -0.4 is 10.6 Å². The highest BCUT2D eigenvalue weighted by Crippen LogP contribution is 2.17. The van der Waals surface area contributed by atoms with Crippen LogP contribution >= 0.6 is 15.9 Å². The smallest absolute Gasteiger partial charge is 0.224 e. The van der Waals surface area contributed by atoms with E-state index >= 15 is 0 Å². The maximum absolute atomic E-state index is 12.4. The highest BCUT2D eigenvalue weighted by atomic mass is 79.9. The quantitative estimate of drug-likeness (QED) is 0.332. The number of aliphatic imine (C=N–C) groups is 1. The summed E-state index contributed by atoms with van der Waals surface area (Å²) in [7, 11) is 1.83. The number of carbonyl (C=O) groups is 1. The number of rotatable bonds is 10. The molecule has 2 aromatic rings. The van der Waals surface area contributed by atoms with E-state index in [1.165, 1.54) is 0 Å². The molecule has 1 aromatic heterocycles. The van der Waals surface area contributed by atoms with E-state index in [0.717, 1.165) is 35.5 Å². The van der Waals surface area contributed by atoms with E-state index in [-0.39, 0.29) is 5.91 Å². The van der Waals surface area contributed by atoms with Gasteiger partial charge in [-0.25, -0.2) is 0 Å². The zero-order chi connectivity index (χ0) is 20.2. The second-order valence-electron chi connectivity index (χ2n) is 6.40. The van der Waals surface area contributed by atoms with Crippen molar-refractivity contribution in [3.63, 3.8) is 0 Å². The van der Waals surface area contributed by atoms with E-state index in [1.54, 1.807) is 11.1 Å². The summed E-state index contributed by atoms with van der Waals surface area (Å²) in [5, 5.41) is 10.6. The number of nitrogens with one attached hydrogen (secondary N) is 2. The minimum atomic E-state index is 0.0952. The third-order valence-corrected chi connectivity index (χ3v) is 4.91. The van der Waals surface area contributed by atoms with Crippen LogP contribution in [0.5, 0.6) is 0 Å². The monoisotopic (exact) mass is 448 g/mol. The van der Waals surface area contributed by atoms with Crippen LogP contribution in [0.15, 0.2) is 52.2 Å². The van der Waals surface area contributed by atoms with Crippen molar-refractivity contribution in [3.8, 4) is 0 Å². The molecule has 152 valence electrons. The van der Waals surface area contributed by atoms with E-state index in [4.69, 9.17) is 0 Å². The van der Waals surface area contributed by atoms with E-state index in [0.29, 0.717) is 26.1 Å². The van der Waals surface area contributed by atoms with Gasteiger partial charge >= 0.3 is 0 Å². The van der Waals surface area contributed by atoms with Crippen molar-refractivity contribution in [1.29, 1.82) is 0 Å². The highest BCUT2D eigenvalue weighted by Gasteiger charge is 2.11. The van der Waals surface area contributed by atoms with Crippen molar-refractivity contribution in [2.24, 2.45) is 4.99 Å². The van der Waals surface area contributed by atoms with Gasteiger partial charge in [0.15, 0.2) is 5.96 Å².